The van der Waals surface area contributed by atoms with Gasteiger partial charge in [0.05, 0.1) is 0 Å². The fourth-order valence-electron chi connectivity index (χ4n) is 0.841. The average molecular weight is 212 g/mol. The summed E-state index contributed by atoms with van der Waals surface area (Å²) in [5, 5.41) is 0. The average Bonchev–Trinajstić information content (AvgIpc) is 2.75. The van der Waals surface area contributed by atoms with Crippen LogP contribution in [0, 0.1) is 12.8 Å². The Balaban J connectivity index is 1.76. The molecule has 68 valence electrons. The van der Waals surface area contributed by atoms with Crippen LogP contribution in [0.3, 0.4) is 0 Å². The fourth-order valence-corrected chi connectivity index (χ4v) is 3.34. The molecule has 0 unspecified atom stereocenters. The fraction of sp³-hybridized carbons (Fsp3) is 0. The van der Waals surface area contributed by atoms with E-state index < -0.39 is 19.8 Å². The first-order valence-electron chi connectivity index (χ1n) is 3.72. The van der Waals surface area contributed by atoms with Crippen molar-refractivity contribution in [2.75, 3.05) is 0 Å². The van der Waals surface area contributed by atoms with Gasteiger partial charge in [-0.2, -0.15) is 0 Å². The molecule has 0 saturated heterocycles. The van der Waals surface area contributed by atoms with Crippen LogP contribution in [0.4, 0.5) is 0 Å². The molecule has 0 amide bonds. The Kier molecular flexibility index (Phi) is 2.70. The van der Waals surface area contributed by atoms with Gasteiger partial charge >= 0.3 is 19.8 Å². The van der Waals surface area contributed by atoms with Gasteiger partial charge in [-0.05, 0) is 12.5 Å². The molecule has 0 aliphatic rings. The molecule has 2 heterocycles. The third kappa shape index (κ3) is 2.37. The Morgan fingerprint density at radius 1 is 1.00 bits per heavy atom. The van der Waals surface area contributed by atoms with E-state index in [0.717, 1.165) is 0 Å². The molecule has 2 rings (SSSR count). The molecular formula is C6H8N2O3Si2. The van der Waals surface area contributed by atoms with Crippen molar-refractivity contribution in [3.05, 3.63) is 37.7 Å². The van der Waals surface area contributed by atoms with Crippen LogP contribution in [0.2, 0.25) is 0 Å². The first kappa shape index (κ1) is 8.41. The van der Waals surface area contributed by atoms with Crippen molar-refractivity contribution in [3.8, 4) is 0 Å². The van der Waals surface area contributed by atoms with Gasteiger partial charge < -0.3 is 21.4 Å². The summed E-state index contributed by atoms with van der Waals surface area (Å²) in [5.41, 5.74) is 0. The van der Waals surface area contributed by atoms with Crippen LogP contribution in [0.1, 0.15) is 0 Å². The van der Waals surface area contributed by atoms with Gasteiger partial charge in [-0.3, -0.25) is 0 Å². The second-order valence-corrected chi connectivity index (χ2v) is 5.90. The normalized spacial score (nSPS) is 12.3. The Labute approximate surface area is 79.6 Å². The highest BCUT2D eigenvalue weighted by Gasteiger charge is 2.02. The predicted molar refractivity (Wildman–Crippen MR) is 44.4 cm³/mol. The zero-order valence-electron chi connectivity index (χ0n) is 6.84. The van der Waals surface area contributed by atoms with E-state index in [9.17, 15) is 0 Å². The Bertz CT molecular complexity index is 300. The molecule has 0 radical (unpaired) electrons. The highest BCUT2D eigenvalue weighted by atomic mass is 28.3. The number of aromatic nitrogens is 2. The molecule has 0 fully saturated rings. The molecule has 0 spiro atoms. The van der Waals surface area contributed by atoms with Crippen LogP contribution in [-0.2, 0) is 4.12 Å². The second-order valence-electron chi connectivity index (χ2n) is 2.39. The minimum atomic E-state index is -0.745. The van der Waals surface area contributed by atoms with Gasteiger partial charge in [0, 0.05) is 12.4 Å². The maximum Gasteiger partial charge on any atom is 0.459 e. The number of hydrogen-bond donors (Lipinski definition) is 0. The molecule has 5 nitrogen and oxygen atoms in total. The highest BCUT2D eigenvalue weighted by molar-refractivity contribution is 6.31. The molecule has 0 N–H and O–H groups in total. The predicted octanol–water partition coefficient (Wildman–Crippen LogP) is -2.54. The van der Waals surface area contributed by atoms with E-state index in [0.29, 0.717) is 0 Å². The van der Waals surface area contributed by atoms with Gasteiger partial charge in [0.25, 0.3) is 12.8 Å². The minimum absolute atomic E-state index is 0.745. The Hall–Kier alpha value is -1.19. The molecule has 0 aliphatic heterocycles. The largest absolute Gasteiger partial charge is 0.543 e. The monoisotopic (exact) mass is 212 g/mol. The van der Waals surface area contributed by atoms with Crippen LogP contribution in [0.5, 0.6) is 0 Å². The van der Waals surface area contributed by atoms with Crippen LogP contribution in [0.25, 0.3) is 0 Å². The summed E-state index contributed by atoms with van der Waals surface area (Å²) in [6.45, 7) is 0. The SMILES string of the molecule is [c-]1occ[n+]1[SiH2]O[SiH2][n+]1[c-]occ1. The van der Waals surface area contributed by atoms with E-state index in [1.807, 2.05) is 20.9 Å². The molecule has 0 bridgehead atoms. The lowest BCUT2D eigenvalue weighted by Gasteiger charge is -1.95. The maximum atomic E-state index is 5.54. The number of hydrogen-bond acceptors (Lipinski definition) is 3. The lowest BCUT2D eigenvalue weighted by molar-refractivity contribution is -0.563. The quantitative estimate of drug-likeness (QED) is 0.414. The smallest absolute Gasteiger partial charge is 0.459 e. The highest BCUT2D eigenvalue weighted by Crippen LogP contribution is 1.74. The molecule has 7 heteroatoms. The molecule has 13 heavy (non-hydrogen) atoms. The number of rotatable bonds is 4. The Morgan fingerprint density at radius 2 is 1.54 bits per heavy atom. The summed E-state index contributed by atoms with van der Waals surface area (Å²) in [6, 6.07) is 0. The van der Waals surface area contributed by atoms with E-state index in [2.05, 4.69) is 12.8 Å². The van der Waals surface area contributed by atoms with Gasteiger partial charge in [-0.15, -0.1) is 0 Å². The Morgan fingerprint density at radius 3 is 1.92 bits per heavy atom. The van der Waals surface area contributed by atoms with Gasteiger partial charge in [-0.25, -0.2) is 0 Å². The lowest BCUT2D eigenvalue weighted by atomic mass is 11.0. The molecule has 0 atom stereocenters. The lowest BCUT2D eigenvalue weighted by Crippen LogP contribution is -2.47. The van der Waals surface area contributed by atoms with Crippen molar-refractivity contribution in [1.29, 1.82) is 0 Å². The van der Waals surface area contributed by atoms with Crippen molar-refractivity contribution >= 4 is 19.8 Å². The van der Waals surface area contributed by atoms with E-state index >= 15 is 0 Å². The summed E-state index contributed by atoms with van der Waals surface area (Å²) in [5.74, 6) is 0. The summed E-state index contributed by atoms with van der Waals surface area (Å²) >= 11 is 0. The third-order valence-electron chi connectivity index (χ3n) is 1.42. The van der Waals surface area contributed by atoms with Crippen LogP contribution in [-0.4, -0.2) is 19.8 Å². The van der Waals surface area contributed by atoms with Gasteiger partial charge in [-0.1, -0.05) is 0 Å². The summed E-state index contributed by atoms with van der Waals surface area (Å²) in [7, 11) is -1.49. The zero-order valence-corrected chi connectivity index (χ0v) is 9.67. The molecular weight excluding hydrogens is 204 g/mol. The molecule has 2 aromatic heterocycles. The van der Waals surface area contributed by atoms with Crippen molar-refractivity contribution < 1.29 is 21.4 Å². The summed E-state index contributed by atoms with van der Waals surface area (Å²) in [6.07, 6.45) is 12.1. The van der Waals surface area contributed by atoms with E-state index in [1.54, 1.807) is 12.5 Å². The van der Waals surface area contributed by atoms with Crippen molar-refractivity contribution in [2.45, 2.75) is 0 Å². The third-order valence-corrected chi connectivity index (χ3v) is 4.12. The van der Waals surface area contributed by atoms with Crippen LogP contribution < -0.4 is 8.47 Å². The number of nitrogens with zero attached hydrogens (tertiary/aromatic N) is 2. The topological polar surface area (TPSA) is 43.3 Å². The maximum absolute atomic E-state index is 5.54. The summed E-state index contributed by atoms with van der Waals surface area (Å²) < 4.78 is 18.8. The number of oxazole rings is 2. The molecule has 0 saturated carbocycles. The standard InChI is InChI=1S/C6H8N2O3Si2/c1-3-9-5-7(1)12-11-13-8-2-4-10-6-8/h1-4H,12-13H2. The molecule has 2 aromatic rings. The van der Waals surface area contributed by atoms with Crippen molar-refractivity contribution in [1.82, 2.24) is 0 Å². The molecule has 0 aliphatic carbocycles. The van der Waals surface area contributed by atoms with E-state index in [1.165, 1.54) is 0 Å². The van der Waals surface area contributed by atoms with E-state index in [4.69, 9.17) is 12.9 Å². The van der Waals surface area contributed by atoms with Gasteiger partial charge in [0.1, 0.15) is 0 Å². The minimum Gasteiger partial charge on any atom is -0.543 e. The first-order valence-corrected chi connectivity index (χ1v) is 6.14. The van der Waals surface area contributed by atoms with E-state index in [-0.39, 0.29) is 0 Å². The first-order chi connectivity index (χ1) is 6.45. The van der Waals surface area contributed by atoms with Crippen LogP contribution in [0.15, 0.2) is 33.8 Å². The zero-order chi connectivity index (χ0) is 8.93. The van der Waals surface area contributed by atoms with Crippen LogP contribution >= 0.6 is 0 Å². The van der Waals surface area contributed by atoms with Crippen molar-refractivity contribution in [3.63, 3.8) is 0 Å². The van der Waals surface area contributed by atoms with Gasteiger partial charge in [0.15, 0.2) is 0 Å². The molecule has 0 aromatic carbocycles. The summed E-state index contributed by atoms with van der Waals surface area (Å²) in [4.78, 5) is 0. The second kappa shape index (κ2) is 4.16. The van der Waals surface area contributed by atoms with Crippen molar-refractivity contribution in [2.24, 2.45) is 0 Å². The van der Waals surface area contributed by atoms with Gasteiger partial charge in [0.2, 0.25) is 0 Å².